The SMILES string of the molecule is O=C(CN1CCC2(CC1)CC(N(C(=O)C(F)(F)F)[C@@H]1C[C@H]1c1ccccc1)CO2)NCc1cccnc1. The number of ether oxygens (including phenoxy) is 1. The zero-order valence-electron chi connectivity index (χ0n) is 20.5. The zero-order chi connectivity index (χ0) is 26.0. The quantitative estimate of drug-likeness (QED) is 0.612. The van der Waals surface area contributed by atoms with Gasteiger partial charge in [-0.25, -0.2) is 0 Å². The largest absolute Gasteiger partial charge is 0.471 e. The molecule has 3 atom stereocenters. The van der Waals surface area contributed by atoms with Gasteiger partial charge in [-0.3, -0.25) is 19.5 Å². The highest BCUT2D eigenvalue weighted by atomic mass is 19.4. The number of rotatable bonds is 7. The minimum absolute atomic E-state index is 0.0870. The second kappa shape index (κ2) is 10.4. The van der Waals surface area contributed by atoms with Crippen molar-refractivity contribution in [3.63, 3.8) is 0 Å². The lowest BCUT2D eigenvalue weighted by Crippen LogP contribution is -2.50. The van der Waals surface area contributed by atoms with E-state index in [0.29, 0.717) is 45.3 Å². The molecule has 5 rings (SSSR count). The van der Waals surface area contributed by atoms with Gasteiger partial charge in [0.05, 0.1) is 24.8 Å². The van der Waals surface area contributed by atoms with E-state index in [0.717, 1.165) is 16.0 Å². The Morgan fingerprint density at radius 3 is 2.57 bits per heavy atom. The average molecular weight is 517 g/mol. The zero-order valence-corrected chi connectivity index (χ0v) is 20.5. The van der Waals surface area contributed by atoms with E-state index in [1.807, 2.05) is 47.4 Å². The second-order valence-corrected chi connectivity index (χ2v) is 10.3. The molecule has 1 aliphatic carbocycles. The van der Waals surface area contributed by atoms with Crippen LogP contribution in [0.2, 0.25) is 0 Å². The van der Waals surface area contributed by atoms with Crippen LogP contribution < -0.4 is 5.32 Å². The normalized spacial score (nSPS) is 25.1. The minimum atomic E-state index is -4.92. The number of likely N-dealkylation sites (tertiary alicyclic amines) is 1. The molecule has 2 aromatic rings. The maximum Gasteiger partial charge on any atom is 0.471 e. The van der Waals surface area contributed by atoms with E-state index in [1.165, 1.54) is 0 Å². The number of aromatic nitrogens is 1. The van der Waals surface area contributed by atoms with Crippen molar-refractivity contribution in [3.05, 3.63) is 66.0 Å². The van der Waals surface area contributed by atoms with Crippen molar-refractivity contribution < 1.29 is 27.5 Å². The number of alkyl halides is 3. The summed E-state index contributed by atoms with van der Waals surface area (Å²) in [7, 11) is 0. The fourth-order valence-corrected chi connectivity index (χ4v) is 5.71. The number of hydrogen-bond acceptors (Lipinski definition) is 5. The molecule has 3 aliphatic rings. The summed E-state index contributed by atoms with van der Waals surface area (Å²) < 4.78 is 46.8. The summed E-state index contributed by atoms with van der Waals surface area (Å²) in [4.78, 5) is 32.0. The fourth-order valence-electron chi connectivity index (χ4n) is 5.71. The van der Waals surface area contributed by atoms with E-state index >= 15 is 0 Å². The van der Waals surface area contributed by atoms with Crippen LogP contribution in [0.4, 0.5) is 13.2 Å². The van der Waals surface area contributed by atoms with E-state index in [4.69, 9.17) is 4.74 Å². The number of nitrogens with one attached hydrogen (secondary N) is 1. The standard InChI is InChI=1S/C27H31F3N4O3/c28-27(29,30)25(36)34(23-13-22(23)20-6-2-1-3-7-20)21-14-26(37-18-21)8-11-33(12-9-26)17-24(35)32-16-19-5-4-10-31-15-19/h1-7,10,15,21-23H,8-9,11-14,16-18H2,(H,32,35)/t21?,22-,23+/m0/s1. The Hall–Kier alpha value is -2.98. The number of pyridine rings is 1. The molecule has 1 aromatic heterocycles. The summed E-state index contributed by atoms with van der Waals surface area (Å²) in [6.07, 6.45) is 0.585. The Morgan fingerprint density at radius 2 is 1.89 bits per heavy atom. The number of carbonyl (C=O) groups is 2. The summed E-state index contributed by atoms with van der Waals surface area (Å²) in [5, 5.41) is 2.89. The maximum atomic E-state index is 13.6. The molecule has 3 heterocycles. The van der Waals surface area contributed by atoms with Crippen molar-refractivity contribution in [3.8, 4) is 0 Å². The van der Waals surface area contributed by atoms with Gasteiger partial charge >= 0.3 is 12.1 Å². The Labute approximate surface area is 214 Å². The fraction of sp³-hybridized carbons (Fsp3) is 0.519. The molecule has 1 aromatic carbocycles. The van der Waals surface area contributed by atoms with Gasteiger partial charge in [0.25, 0.3) is 0 Å². The lowest BCUT2D eigenvalue weighted by molar-refractivity contribution is -0.188. The summed E-state index contributed by atoms with van der Waals surface area (Å²) >= 11 is 0. The molecule has 37 heavy (non-hydrogen) atoms. The van der Waals surface area contributed by atoms with Crippen molar-refractivity contribution in [2.24, 2.45) is 0 Å². The first-order chi connectivity index (χ1) is 17.7. The number of piperidine rings is 1. The summed E-state index contributed by atoms with van der Waals surface area (Å²) in [6, 6.07) is 12.0. The van der Waals surface area contributed by atoms with Gasteiger partial charge in [0.1, 0.15) is 0 Å². The van der Waals surface area contributed by atoms with Crippen molar-refractivity contribution in [2.45, 2.75) is 62.0 Å². The molecule has 1 N–H and O–H groups in total. The molecule has 1 spiro atoms. The van der Waals surface area contributed by atoms with Crippen LogP contribution in [0.5, 0.6) is 0 Å². The van der Waals surface area contributed by atoms with Crippen LogP contribution in [-0.2, 0) is 20.9 Å². The number of nitrogens with zero attached hydrogens (tertiary/aromatic N) is 3. The highest BCUT2D eigenvalue weighted by molar-refractivity contribution is 5.83. The van der Waals surface area contributed by atoms with Crippen molar-refractivity contribution >= 4 is 11.8 Å². The molecule has 7 nitrogen and oxygen atoms in total. The van der Waals surface area contributed by atoms with E-state index in [9.17, 15) is 22.8 Å². The number of carbonyl (C=O) groups excluding carboxylic acids is 2. The molecular formula is C27H31F3N4O3. The van der Waals surface area contributed by atoms with Gasteiger partial charge in [0.15, 0.2) is 0 Å². The Bertz CT molecular complexity index is 1090. The molecule has 2 aliphatic heterocycles. The molecule has 10 heteroatoms. The Morgan fingerprint density at radius 1 is 1.14 bits per heavy atom. The van der Waals surface area contributed by atoms with E-state index in [1.54, 1.807) is 12.4 Å². The van der Waals surface area contributed by atoms with Crippen molar-refractivity contribution in [2.75, 3.05) is 26.2 Å². The lowest BCUT2D eigenvalue weighted by Gasteiger charge is -2.39. The van der Waals surface area contributed by atoms with Crippen LogP contribution in [0.3, 0.4) is 0 Å². The first kappa shape index (κ1) is 25.7. The molecule has 0 bridgehead atoms. The molecule has 1 unspecified atom stereocenters. The van der Waals surface area contributed by atoms with Crippen LogP contribution in [0.1, 0.15) is 42.7 Å². The number of hydrogen-bond donors (Lipinski definition) is 1. The van der Waals surface area contributed by atoms with Gasteiger partial charge in [-0.15, -0.1) is 0 Å². The van der Waals surface area contributed by atoms with Gasteiger partial charge in [-0.1, -0.05) is 36.4 Å². The second-order valence-electron chi connectivity index (χ2n) is 10.3. The monoisotopic (exact) mass is 516 g/mol. The number of benzene rings is 1. The molecule has 2 saturated heterocycles. The van der Waals surface area contributed by atoms with Gasteiger partial charge in [-0.05, 0) is 42.9 Å². The summed E-state index contributed by atoms with van der Waals surface area (Å²) in [5.74, 6) is -1.95. The molecule has 3 fully saturated rings. The predicted octanol–water partition coefficient (Wildman–Crippen LogP) is 3.27. The van der Waals surface area contributed by atoms with Crippen LogP contribution in [0, 0.1) is 0 Å². The van der Waals surface area contributed by atoms with Gasteiger partial charge < -0.3 is 15.0 Å². The minimum Gasteiger partial charge on any atom is -0.373 e. The molecular weight excluding hydrogens is 485 g/mol. The molecule has 1 saturated carbocycles. The molecule has 198 valence electrons. The highest BCUT2D eigenvalue weighted by Crippen LogP contribution is 2.49. The smallest absolute Gasteiger partial charge is 0.373 e. The van der Waals surface area contributed by atoms with Crippen LogP contribution >= 0.6 is 0 Å². The van der Waals surface area contributed by atoms with Crippen molar-refractivity contribution in [1.82, 2.24) is 20.1 Å². The van der Waals surface area contributed by atoms with Crippen LogP contribution in [0.15, 0.2) is 54.9 Å². The third kappa shape index (κ3) is 5.96. The third-order valence-corrected chi connectivity index (χ3v) is 7.75. The Balaban J connectivity index is 1.16. The van der Waals surface area contributed by atoms with E-state index in [2.05, 4.69) is 10.3 Å². The Kier molecular flexibility index (Phi) is 7.22. The third-order valence-electron chi connectivity index (χ3n) is 7.75. The highest BCUT2D eigenvalue weighted by Gasteiger charge is 2.57. The topological polar surface area (TPSA) is 74.8 Å². The lowest BCUT2D eigenvalue weighted by atomic mass is 9.87. The number of amides is 2. The summed E-state index contributed by atoms with van der Waals surface area (Å²) in [6.45, 7) is 1.97. The van der Waals surface area contributed by atoms with Crippen LogP contribution in [-0.4, -0.2) is 76.7 Å². The summed E-state index contributed by atoms with van der Waals surface area (Å²) in [5.41, 5.74) is 1.31. The number of halogens is 3. The van der Waals surface area contributed by atoms with Crippen molar-refractivity contribution in [1.29, 1.82) is 0 Å². The van der Waals surface area contributed by atoms with Gasteiger partial charge in [0.2, 0.25) is 5.91 Å². The first-order valence-electron chi connectivity index (χ1n) is 12.7. The average Bonchev–Trinajstić information content (AvgIpc) is 3.58. The maximum absolute atomic E-state index is 13.6. The molecule has 0 radical (unpaired) electrons. The predicted molar refractivity (Wildman–Crippen MR) is 129 cm³/mol. The van der Waals surface area contributed by atoms with Gasteiger partial charge in [0, 0.05) is 44.0 Å². The molecule has 2 amide bonds. The van der Waals surface area contributed by atoms with E-state index < -0.39 is 29.8 Å². The van der Waals surface area contributed by atoms with E-state index in [-0.39, 0.29) is 25.0 Å². The van der Waals surface area contributed by atoms with Crippen LogP contribution in [0.25, 0.3) is 0 Å². The first-order valence-corrected chi connectivity index (χ1v) is 12.7. The van der Waals surface area contributed by atoms with Gasteiger partial charge in [-0.2, -0.15) is 13.2 Å².